The Kier molecular flexibility index (Phi) is 6.07. The largest absolute Gasteiger partial charge is 0.424 e. The molecule has 0 saturated heterocycles. The van der Waals surface area contributed by atoms with E-state index in [0.717, 1.165) is 17.5 Å². The summed E-state index contributed by atoms with van der Waals surface area (Å²) in [5.74, 6) is 0.402. The zero-order valence-corrected chi connectivity index (χ0v) is 17.2. The van der Waals surface area contributed by atoms with Crippen LogP contribution >= 0.6 is 0 Å². The molecule has 0 aliphatic rings. The Morgan fingerprint density at radius 1 is 0.935 bits per heavy atom. The van der Waals surface area contributed by atoms with Crippen molar-refractivity contribution in [2.45, 2.75) is 32.9 Å². The van der Waals surface area contributed by atoms with Crippen molar-refractivity contribution in [2.75, 3.05) is 5.32 Å². The van der Waals surface area contributed by atoms with Crippen LogP contribution in [0.15, 0.2) is 71.8 Å². The number of hydrogen-bond donors (Lipinski definition) is 1. The molecule has 158 valence electrons. The van der Waals surface area contributed by atoms with Crippen molar-refractivity contribution >= 4 is 22.6 Å². The lowest BCUT2D eigenvalue weighted by Gasteiger charge is -2.08. The maximum Gasteiger partial charge on any atom is 0.329 e. The Morgan fingerprint density at radius 3 is 2.23 bits per heavy atom. The van der Waals surface area contributed by atoms with Crippen LogP contribution in [0.25, 0.3) is 11.0 Å². The second-order valence-electron chi connectivity index (χ2n) is 7.03. The molecule has 0 saturated carbocycles. The molecule has 2 aromatic carbocycles. The molecule has 1 N–H and O–H groups in total. The summed E-state index contributed by atoms with van der Waals surface area (Å²) in [4.78, 5) is 33.3. The van der Waals surface area contributed by atoms with Crippen molar-refractivity contribution in [1.82, 2.24) is 19.1 Å². The number of para-hydroxylation sites is 2. The molecule has 0 unspecified atom stereocenters. The van der Waals surface area contributed by atoms with E-state index in [1.165, 1.54) is 0 Å². The number of anilines is 1. The van der Waals surface area contributed by atoms with E-state index in [-0.39, 0.29) is 24.0 Å². The van der Waals surface area contributed by atoms with Gasteiger partial charge in [0.15, 0.2) is 0 Å². The molecule has 1 amide bonds. The van der Waals surface area contributed by atoms with Gasteiger partial charge in [-0.05, 0) is 48.9 Å². The molecule has 4 aromatic rings. The SMILES string of the molecule is CCCn1c(=O)n(CCC(=O)Nc2ccc(Oc3ncccn3)cc2)c2ccccc21. The molecule has 4 rings (SSSR count). The van der Waals surface area contributed by atoms with E-state index in [1.807, 2.05) is 31.2 Å². The van der Waals surface area contributed by atoms with E-state index < -0.39 is 0 Å². The van der Waals surface area contributed by atoms with Crippen LogP contribution in [-0.4, -0.2) is 25.0 Å². The third-order valence-electron chi connectivity index (χ3n) is 4.82. The number of amides is 1. The van der Waals surface area contributed by atoms with Gasteiger partial charge in [-0.2, -0.15) is 0 Å². The third kappa shape index (κ3) is 4.63. The van der Waals surface area contributed by atoms with Crippen LogP contribution in [0.2, 0.25) is 0 Å². The Balaban J connectivity index is 1.40. The van der Waals surface area contributed by atoms with Crippen LogP contribution in [0.1, 0.15) is 19.8 Å². The Morgan fingerprint density at radius 2 is 1.58 bits per heavy atom. The molecule has 0 aliphatic carbocycles. The molecule has 8 heteroatoms. The topological polar surface area (TPSA) is 91.0 Å². The first-order chi connectivity index (χ1) is 15.2. The number of aromatic nitrogens is 4. The molecule has 0 fully saturated rings. The minimum atomic E-state index is -0.167. The summed E-state index contributed by atoms with van der Waals surface area (Å²) in [5.41, 5.74) is 2.30. The Labute approximate surface area is 179 Å². The minimum absolute atomic E-state index is 0.0829. The lowest BCUT2D eigenvalue weighted by Crippen LogP contribution is -2.26. The number of carbonyl (C=O) groups is 1. The molecule has 0 spiro atoms. The highest BCUT2D eigenvalue weighted by molar-refractivity contribution is 5.90. The van der Waals surface area contributed by atoms with Crippen molar-refractivity contribution in [2.24, 2.45) is 0 Å². The van der Waals surface area contributed by atoms with Crippen molar-refractivity contribution in [1.29, 1.82) is 0 Å². The van der Waals surface area contributed by atoms with E-state index in [1.54, 1.807) is 51.9 Å². The predicted octanol–water partition coefficient (Wildman–Crippen LogP) is 3.82. The molecule has 8 nitrogen and oxygen atoms in total. The maximum atomic E-state index is 12.8. The van der Waals surface area contributed by atoms with Gasteiger partial charge in [-0.15, -0.1) is 0 Å². The van der Waals surface area contributed by atoms with Gasteiger partial charge in [-0.25, -0.2) is 14.8 Å². The molecular weight excluding hydrogens is 394 g/mol. The van der Waals surface area contributed by atoms with Crippen molar-refractivity contribution < 1.29 is 9.53 Å². The number of nitrogens with one attached hydrogen (secondary N) is 1. The normalized spacial score (nSPS) is 10.9. The summed E-state index contributed by atoms with van der Waals surface area (Å²) in [7, 11) is 0. The molecular formula is C23H23N5O3. The minimum Gasteiger partial charge on any atom is -0.424 e. The van der Waals surface area contributed by atoms with Crippen LogP contribution in [0, 0.1) is 0 Å². The smallest absolute Gasteiger partial charge is 0.329 e. The monoisotopic (exact) mass is 417 g/mol. The van der Waals surface area contributed by atoms with Gasteiger partial charge in [0, 0.05) is 37.6 Å². The summed E-state index contributed by atoms with van der Waals surface area (Å²) in [6, 6.07) is 16.6. The number of carbonyl (C=O) groups excluding carboxylic acids is 1. The molecule has 2 aromatic heterocycles. The number of imidazole rings is 1. The van der Waals surface area contributed by atoms with E-state index in [0.29, 0.717) is 24.5 Å². The van der Waals surface area contributed by atoms with Crippen LogP contribution in [0.5, 0.6) is 11.8 Å². The van der Waals surface area contributed by atoms with Gasteiger partial charge >= 0.3 is 11.7 Å². The first-order valence-corrected chi connectivity index (χ1v) is 10.2. The number of benzene rings is 2. The lowest BCUT2D eigenvalue weighted by molar-refractivity contribution is -0.116. The summed E-state index contributed by atoms with van der Waals surface area (Å²) in [6.07, 6.45) is 4.25. The number of aryl methyl sites for hydroxylation is 2. The highest BCUT2D eigenvalue weighted by Gasteiger charge is 2.13. The summed E-state index contributed by atoms with van der Waals surface area (Å²) in [5, 5.41) is 2.85. The number of hydrogen-bond acceptors (Lipinski definition) is 5. The number of ether oxygens (including phenoxy) is 1. The lowest BCUT2D eigenvalue weighted by atomic mass is 10.3. The fourth-order valence-electron chi connectivity index (χ4n) is 3.41. The Bertz CT molecular complexity index is 1230. The Hall–Kier alpha value is -3.94. The average molecular weight is 417 g/mol. The number of fused-ring (bicyclic) bond motifs is 1. The zero-order valence-electron chi connectivity index (χ0n) is 17.2. The summed E-state index contributed by atoms with van der Waals surface area (Å²) < 4.78 is 8.98. The third-order valence-corrected chi connectivity index (χ3v) is 4.82. The average Bonchev–Trinajstić information content (AvgIpc) is 3.06. The van der Waals surface area contributed by atoms with Crippen molar-refractivity contribution in [3.63, 3.8) is 0 Å². The molecule has 0 bridgehead atoms. The maximum absolute atomic E-state index is 12.8. The molecule has 31 heavy (non-hydrogen) atoms. The quantitative estimate of drug-likeness (QED) is 0.471. The molecule has 2 heterocycles. The van der Waals surface area contributed by atoms with Gasteiger partial charge in [0.1, 0.15) is 5.75 Å². The molecule has 0 atom stereocenters. The fourth-order valence-corrected chi connectivity index (χ4v) is 3.41. The summed E-state index contributed by atoms with van der Waals surface area (Å²) >= 11 is 0. The van der Waals surface area contributed by atoms with Gasteiger partial charge < -0.3 is 10.1 Å². The van der Waals surface area contributed by atoms with Crippen LogP contribution in [0.4, 0.5) is 5.69 Å². The first-order valence-electron chi connectivity index (χ1n) is 10.2. The molecule has 0 radical (unpaired) electrons. The first kappa shape index (κ1) is 20.3. The van der Waals surface area contributed by atoms with E-state index in [2.05, 4.69) is 15.3 Å². The highest BCUT2D eigenvalue weighted by atomic mass is 16.5. The van der Waals surface area contributed by atoms with Gasteiger partial charge in [-0.1, -0.05) is 19.1 Å². The number of nitrogens with zero attached hydrogens (tertiary/aromatic N) is 4. The van der Waals surface area contributed by atoms with Crippen LogP contribution in [0.3, 0.4) is 0 Å². The second-order valence-corrected chi connectivity index (χ2v) is 7.03. The molecule has 0 aliphatic heterocycles. The van der Waals surface area contributed by atoms with E-state index in [4.69, 9.17) is 4.74 Å². The van der Waals surface area contributed by atoms with E-state index in [9.17, 15) is 9.59 Å². The van der Waals surface area contributed by atoms with Crippen molar-refractivity contribution in [3.05, 3.63) is 77.5 Å². The van der Waals surface area contributed by atoms with Gasteiger partial charge in [0.2, 0.25) is 5.91 Å². The fraction of sp³-hybridized carbons (Fsp3) is 0.217. The highest BCUT2D eigenvalue weighted by Crippen LogP contribution is 2.20. The van der Waals surface area contributed by atoms with Gasteiger partial charge in [0.05, 0.1) is 11.0 Å². The van der Waals surface area contributed by atoms with Crippen LogP contribution < -0.4 is 15.7 Å². The van der Waals surface area contributed by atoms with E-state index >= 15 is 0 Å². The van der Waals surface area contributed by atoms with Crippen LogP contribution in [-0.2, 0) is 17.9 Å². The van der Waals surface area contributed by atoms with Gasteiger partial charge in [-0.3, -0.25) is 13.9 Å². The van der Waals surface area contributed by atoms with Gasteiger partial charge in [0.25, 0.3) is 0 Å². The standard InChI is InChI=1S/C23H23N5O3/c1-2-15-27-19-6-3-4-7-20(19)28(23(27)30)16-12-21(29)26-17-8-10-18(11-9-17)31-22-24-13-5-14-25-22/h3-11,13-14H,2,12,15-16H2,1H3,(H,26,29). The summed E-state index contributed by atoms with van der Waals surface area (Å²) in [6.45, 7) is 3.00. The number of rotatable bonds is 8. The zero-order chi connectivity index (χ0) is 21.6. The predicted molar refractivity (Wildman–Crippen MR) is 118 cm³/mol. The van der Waals surface area contributed by atoms with Crippen molar-refractivity contribution in [3.8, 4) is 11.8 Å². The second kappa shape index (κ2) is 9.25.